The first kappa shape index (κ1) is 16.7. The van der Waals surface area contributed by atoms with Crippen LogP contribution in [-0.4, -0.2) is 15.8 Å². The van der Waals surface area contributed by atoms with Crippen LogP contribution in [0.4, 0.5) is 5.69 Å². The molecule has 0 unspecified atom stereocenters. The molecule has 0 bridgehead atoms. The van der Waals surface area contributed by atoms with Gasteiger partial charge in [0.2, 0.25) is 0 Å². The summed E-state index contributed by atoms with van der Waals surface area (Å²) < 4.78 is 7.79. The van der Waals surface area contributed by atoms with Gasteiger partial charge >= 0.3 is 0 Å². The largest absolute Gasteiger partial charge is 0.412 e. The molecule has 0 atom stereocenters. The summed E-state index contributed by atoms with van der Waals surface area (Å²) in [4.78, 5) is 0. The maximum atomic E-state index is 7.79. The lowest BCUT2D eigenvalue weighted by Gasteiger charge is -1.97. The molecule has 4 heteroatoms. The van der Waals surface area contributed by atoms with Crippen molar-refractivity contribution in [2.24, 2.45) is 0 Å². The van der Waals surface area contributed by atoms with Crippen molar-refractivity contribution in [3.05, 3.63) is 29.8 Å². The van der Waals surface area contributed by atoms with E-state index in [9.17, 15) is 0 Å². The molecule has 1 aromatic rings. The summed E-state index contributed by atoms with van der Waals surface area (Å²) in [5.74, 6) is 0.792. The van der Waals surface area contributed by atoms with Gasteiger partial charge in [-0.2, -0.15) is 0 Å². The number of nitrogen functional groups attached to an aromatic ring is 1. The van der Waals surface area contributed by atoms with Gasteiger partial charge in [-0.15, -0.1) is 0 Å². The zero-order valence-electron chi connectivity index (χ0n) is 9.36. The SMILES string of the molecule is CCCc1ccc(N)cc1.CCSO.O.[HH]. The van der Waals surface area contributed by atoms with Gasteiger partial charge in [-0.05, 0) is 36.2 Å². The Bertz CT molecular complexity index is 230. The zero-order valence-corrected chi connectivity index (χ0v) is 10.2. The van der Waals surface area contributed by atoms with Gasteiger partial charge in [0.1, 0.15) is 0 Å². The van der Waals surface area contributed by atoms with E-state index in [0.717, 1.165) is 29.9 Å². The molecule has 0 aliphatic carbocycles. The van der Waals surface area contributed by atoms with Crippen molar-refractivity contribution in [2.75, 3.05) is 11.5 Å². The second-order valence-electron chi connectivity index (χ2n) is 2.91. The Morgan fingerprint density at radius 2 is 1.73 bits per heavy atom. The average Bonchev–Trinajstić information content (AvgIpc) is 2.22. The van der Waals surface area contributed by atoms with Crippen molar-refractivity contribution in [1.29, 1.82) is 0 Å². The molecule has 3 nitrogen and oxygen atoms in total. The third kappa shape index (κ3) is 9.59. The van der Waals surface area contributed by atoms with Gasteiger partial charge in [0.25, 0.3) is 0 Å². The van der Waals surface area contributed by atoms with Gasteiger partial charge in [0, 0.05) is 12.9 Å². The van der Waals surface area contributed by atoms with Crippen molar-refractivity contribution in [1.82, 2.24) is 0 Å². The highest BCUT2D eigenvalue weighted by atomic mass is 32.2. The first-order valence-corrected chi connectivity index (χ1v) is 5.79. The van der Waals surface area contributed by atoms with E-state index in [0.29, 0.717) is 0 Å². The molecular weight excluding hydrogens is 210 g/mol. The van der Waals surface area contributed by atoms with Gasteiger partial charge < -0.3 is 15.8 Å². The van der Waals surface area contributed by atoms with E-state index in [2.05, 4.69) is 19.1 Å². The Balaban J connectivity index is -0.000000249. The first-order chi connectivity index (χ1) is 6.74. The Labute approximate surface area is 97.7 Å². The molecule has 0 heterocycles. The predicted octanol–water partition coefficient (Wildman–Crippen LogP) is 2.86. The molecule has 90 valence electrons. The minimum Gasteiger partial charge on any atom is -0.412 e. The molecule has 15 heavy (non-hydrogen) atoms. The highest BCUT2D eigenvalue weighted by Crippen LogP contribution is 2.06. The summed E-state index contributed by atoms with van der Waals surface area (Å²) in [5.41, 5.74) is 7.74. The van der Waals surface area contributed by atoms with Crippen LogP contribution in [-0.2, 0) is 6.42 Å². The van der Waals surface area contributed by atoms with Crippen LogP contribution in [0.1, 0.15) is 27.3 Å². The van der Waals surface area contributed by atoms with Crippen LogP contribution >= 0.6 is 12.0 Å². The minimum atomic E-state index is 0. The molecule has 0 amide bonds. The third-order valence-electron chi connectivity index (χ3n) is 1.65. The quantitative estimate of drug-likeness (QED) is 0.622. The van der Waals surface area contributed by atoms with Crippen LogP contribution in [0.5, 0.6) is 0 Å². The normalized spacial score (nSPS) is 8.47. The maximum absolute atomic E-state index is 7.79. The molecule has 0 aliphatic rings. The summed E-state index contributed by atoms with van der Waals surface area (Å²) in [6, 6.07) is 8.06. The van der Waals surface area contributed by atoms with Gasteiger partial charge in [0.05, 0.1) is 0 Å². The Kier molecular flexibility index (Phi) is 12.7. The standard InChI is InChI=1S/C9H13N.C2H6OS.H2O.H2/c1-2-3-8-4-6-9(10)7-5-8;1-2-4-3;;/h4-7H,2-3,10H2,1H3;3H,2H2,1H3;1H2;1H. The van der Waals surface area contributed by atoms with Crippen LogP contribution < -0.4 is 5.73 Å². The molecule has 0 aromatic heterocycles. The van der Waals surface area contributed by atoms with E-state index < -0.39 is 0 Å². The topological polar surface area (TPSA) is 77.8 Å². The lowest BCUT2D eigenvalue weighted by molar-refractivity contribution is 0.665. The molecule has 0 saturated carbocycles. The van der Waals surface area contributed by atoms with Crippen LogP contribution in [0.25, 0.3) is 0 Å². The average molecular weight is 233 g/mol. The smallest absolute Gasteiger partial charge is 0.0314 e. The van der Waals surface area contributed by atoms with Gasteiger partial charge in [-0.25, -0.2) is 0 Å². The van der Waals surface area contributed by atoms with E-state index in [-0.39, 0.29) is 6.90 Å². The minimum absolute atomic E-state index is 0. The number of benzene rings is 1. The zero-order chi connectivity index (χ0) is 10.8. The molecule has 0 fully saturated rings. The van der Waals surface area contributed by atoms with Crippen molar-refractivity contribution in [2.45, 2.75) is 26.7 Å². The Morgan fingerprint density at radius 1 is 1.27 bits per heavy atom. The maximum Gasteiger partial charge on any atom is 0.0314 e. The lowest BCUT2D eigenvalue weighted by Crippen LogP contribution is -1.86. The van der Waals surface area contributed by atoms with E-state index in [1.54, 1.807) is 0 Å². The van der Waals surface area contributed by atoms with E-state index in [1.807, 2.05) is 19.1 Å². The fourth-order valence-electron chi connectivity index (χ4n) is 0.973. The highest BCUT2D eigenvalue weighted by Gasteiger charge is 1.88. The van der Waals surface area contributed by atoms with Crippen LogP contribution in [0.3, 0.4) is 0 Å². The number of rotatable bonds is 3. The predicted molar refractivity (Wildman–Crippen MR) is 71.3 cm³/mol. The van der Waals surface area contributed by atoms with Crippen molar-refractivity contribution < 1.29 is 11.5 Å². The number of anilines is 1. The van der Waals surface area contributed by atoms with Gasteiger partial charge in [0.15, 0.2) is 0 Å². The number of nitrogens with two attached hydrogens (primary N) is 1. The fraction of sp³-hybridized carbons (Fsp3) is 0.455. The highest BCUT2D eigenvalue weighted by molar-refractivity contribution is 7.93. The van der Waals surface area contributed by atoms with Crippen molar-refractivity contribution >= 4 is 17.7 Å². The van der Waals surface area contributed by atoms with E-state index in [1.165, 1.54) is 12.0 Å². The first-order valence-electron chi connectivity index (χ1n) is 4.85. The molecule has 0 saturated heterocycles. The third-order valence-corrected chi connectivity index (χ3v) is 1.91. The van der Waals surface area contributed by atoms with Gasteiger partial charge in [-0.3, -0.25) is 0 Å². The monoisotopic (exact) mass is 233 g/mol. The summed E-state index contributed by atoms with van der Waals surface area (Å²) in [6.45, 7) is 4.07. The molecule has 5 N–H and O–H groups in total. The summed E-state index contributed by atoms with van der Waals surface area (Å²) >= 11 is 0.856. The summed E-state index contributed by atoms with van der Waals surface area (Å²) in [6.07, 6.45) is 2.35. The fourth-order valence-corrected chi connectivity index (χ4v) is 0.973. The molecule has 0 radical (unpaired) electrons. The Morgan fingerprint density at radius 3 is 2.07 bits per heavy atom. The number of hydrogen-bond acceptors (Lipinski definition) is 3. The molecule has 1 rings (SSSR count). The van der Waals surface area contributed by atoms with E-state index in [4.69, 9.17) is 10.3 Å². The molecular formula is C11H23NO2S. The summed E-state index contributed by atoms with van der Waals surface area (Å²) in [7, 11) is 0. The number of hydrogen-bond donors (Lipinski definition) is 2. The van der Waals surface area contributed by atoms with Crippen LogP contribution in [0, 0.1) is 0 Å². The lowest BCUT2D eigenvalue weighted by atomic mass is 10.1. The van der Waals surface area contributed by atoms with Crippen LogP contribution in [0.2, 0.25) is 0 Å². The van der Waals surface area contributed by atoms with Crippen LogP contribution in [0.15, 0.2) is 24.3 Å². The second kappa shape index (κ2) is 11.4. The van der Waals surface area contributed by atoms with Crippen molar-refractivity contribution in [3.8, 4) is 0 Å². The second-order valence-corrected chi connectivity index (χ2v) is 3.74. The van der Waals surface area contributed by atoms with Gasteiger partial charge in [-0.1, -0.05) is 32.4 Å². The molecule has 0 spiro atoms. The molecule has 1 aromatic carbocycles. The molecule has 0 aliphatic heterocycles. The number of aryl methyl sites for hydroxylation is 1. The summed E-state index contributed by atoms with van der Waals surface area (Å²) in [5, 5.41) is 0. The Hall–Kier alpha value is -0.710. The van der Waals surface area contributed by atoms with Crippen molar-refractivity contribution in [3.63, 3.8) is 0 Å². The van der Waals surface area contributed by atoms with E-state index >= 15 is 0 Å².